The quantitative estimate of drug-likeness (QED) is 0.749. The van der Waals surface area contributed by atoms with Crippen molar-refractivity contribution < 1.29 is 0 Å². The van der Waals surface area contributed by atoms with Crippen LogP contribution in [0, 0.1) is 0 Å². The number of anilines is 1. The van der Waals surface area contributed by atoms with E-state index < -0.39 is 0 Å². The second kappa shape index (κ2) is 4.69. The number of halogens is 1. The third kappa shape index (κ3) is 2.30. The van der Waals surface area contributed by atoms with Crippen molar-refractivity contribution in [1.82, 2.24) is 24.8 Å². The van der Waals surface area contributed by atoms with E-state index in [0.29, 0.717) is 12.4 Å². The Morgan fingerprint density at radius 2 is 2.22 bits per heavy atom. The van der Waals surface area contributed by atoms with E-state index in [0.717, 1.165) is 15.9 Å². The molecule has 0 bridgehead atoms. The zero-order chi connectivity index (χ0) is 12.4. The molecule has 90 valence electrons. The van der Waals surface area contributed by atoms with Crippen molar-refractivity contribution in [3.8, 4) is 0 Å². The van der Waals surface area contributed by atoms with E-state index in [4.69, 9.17) is 0 Å². The van der Waals surface area contributed by atoms with Crippen molar-refractivity contribution >= 4 is 27.3 Å². The topological polar surface area (TPSA) is 68.0 Å². The molecule has 0 saturated carbocycles. The van der Waals surface area contributed by atoms with Crippen LogP contribution in [0.25, 0.3) is 5.65 Å². The van der Waals surface area contributed by atoms with Gasteiger partial charge in [-0.15, -0.1) is 9.73 Å². The molecule has 0 aromatic carbocycles. The zero-order valence-electron chi connectivity index (χ0n) is 9.29. The normalized spacial score (nSPS) is 10.7. The number of hydrogen-bond acceptors (Lipinski definition) is 5. The molecule has 0 unspecified atom stereocenters. The van der Waals surface area contributed by atoms with Crippen molar-refractivity contribution in [3.63, 3.8) is 0 Å². The van der Waals surface area contributed by atoms with E-state index in [9.17, 15) is 0 Å². The molecule has 0 aliphatic heterocycles. The molecular formula is C11H9BrN6. The fourth-order valence-electron chi connectivity index (χ4n) is 1.55. The number of aromatic nitrogens is 5. The molecule has 0 aliphatic carbocycles. The fraction of sp³-hybridized carbons (Fsp3) is 0.0909. The number of pyridine rings is 1. The zero-order valence-corrected chi connectivity index (χ0v) is 10.9. The summed E-state index contributed by atoms with van der Waals surface area (Å²) < 4.78 is 2.30. The van der Waals surface area contributed by atoms with Crippen LogP contribution in [0.2, 0.25) is 0 Å². The molecule has 18 heavy (non-hydrogen) atoms. The lowest BCUT2D eigenvalue weighted by Gasteiger charge is -2.02. The maximum Gasteiger partial charge on any atom is 0.176 e. The predicted octanol–water partition coefficient (Wildman–Crippen LogP) is 1.89. The lowest BCUT2D eigenvalue weighted by Crippen LogP contribution is -2.02. The summed E-state index contributed by atoms with van der Waals surface area (Å²) in [5.74, 6) is 0.696. The maximum atomic E-state index is 4.35. The molecule has 0 spiro atoms. The van der Waals surface area contributed by atoms with Gasteiger partial charge in [0.15, 0.2) is 11.5 Å². The van der Waals surface area contributed by atoms with Gasteiger partial charge in [0.05, 0.1) is 6.54 Å². The molecule has 0 saturated heterocycles. The van der Waals surface area contributed by atoms with E-state index in [2.05, 4.69) is 41.4 Å². The van der Waals surface area contributed by atoms with Crippen molar-refractivity contribution in [2.24, 2.45) is 0 Å². The highest BCUT2D eigenvalue weighted by Crippen LogP contribution is 2.13. The highest BCUT2D eigenvalue weighted by atomic mass is 79.9. The lowest BCUT2D eigenvalue weighted by atomic mass is 10.4. The average molecular weight is 305 g/mol. The SMILES string of the molecule is Brc1cc(NCc2nc3cccnn3n2)ccn1. The lowest BCUT2D eigenvalue weighted by molar-refractivity contribution is 0.775. The molecule has 6 nitrogen and oxygen atoms in total. The van der Waals surface area contributed by atoms with Gasteiger partial charge in [0.2, 0.25) is 0 Å². The Balaban J connectivity index is 1.76. The van der Waals surface area contributed by atoms with Crippen molar-refractivity contribution in [1.29, 1.82) is 0 Å². The molecule has 0 radical (unpaired) electrons. The van der Waals surface area contributed by atoms with Crippen LogP contribution in [0.15, 0.2) is 41.3 Å². The minimum atomic E-state index is 0.541. The van der Waals surface area contributed by atoms with Crippen LogP contribution in [0.3, 0.4) is 0 Å². The third-order valence-corrected chi connectivity index (χ3v) is 2.78. The van der Waals surface area contributed by atoms with E-state index in [1.54, 1.807) is 12.4 Å². The van der Waals surface area contributed by atoms with Gasteiger partial charge in [-0.2, -0.15) is 5.10 Å². The van der Waals surface area contributed by atoms with Crippen LogP contribution in [0.5, 0.6) is 0 Å². The molecule has 0 fully saturated rings. The highest BCUT2D eigenvalue weighted by Gasteiger charge is 2.03. The monoisotopic (exact) mass is 304 g/mol. The van der Waals surface area contributed by atoms with Gasteiger partial charge < -0.3 is 5.32 Å². The largest absolute Gasteiger partial charge is 0.378 e. The Morgan fingerprint density at radius 1 is 1.28 bits per heavy atom. The summed E-state index contributed by atoms with van der Waals surface area (Å²) in [6.07, 6.45) is 3.41. The van der Waals surface area contributed by atoms with E-state index in [1.165, 1.54) is 4.63 Å². The minimum absolute atomic E-state index is 0.541. The van der Waals surface area contributed by atoms with Gasteiger partial charge in [-0.05, 0) is 40.2 Å². The number of rotatable bonds is 3. The smallest absolute Gasteiger partial charge is 0.176 e. The Bertz CT molecular complexity index is 647. The summed E-state index contributed by atoms with van der Waals surface area (Å²) in [5, 5.41) is 11.6. The Kier molecular flexibility index (Phi) is 2.89. The number of hydrogen-bond donors (Lipinski definition) is 1. The first kappa shape index (κ1) is 11.1. The second-order valence-corrected chi connectivity index (χ2v) is 4.43. The summed E-state index contributed by atoms with van der Waals surface area (Å²) in [5.41, 5.74) is 1.70. The van der Waals surface area contributed by atoms with Crippen LogP contribution in [0.4, 0.5) is 5.69 Å². The van der Waals surface area contributed by atoms with Crippen LogP contribution in [-0.2, 0) is 6.54 Å². The van der Waals surface area contributed by atoms with E-state index >= 15 is 0 Å². The first-order chi connectivity index (χ1) is 8.81. The highest BCUT2D eigenvalue weighted by molar-refractivity contribution is 9.10. The van der Waals surface area contributed by atoms with E-state index in [-0.39, 0.29) is 0 Å². The average Bonchev–Trinajstić information content (AvgIpc) is 2.79. The van der Waals surface area contributed by atoms with Crippen molar-refractivity contribution in [2.45, 2.75) is 6.54 Å². The molecule has 1 N–H and O–H groups in total. The summed E-state index contributed by atoms with van der Waals surface area (Å²) in [4.78, 5) is 8.41. The number of nitrogens with zero attached hydrogens (tertiary/aromatic N) is 5. The summed E-state index contributed by atoms with van der Waals surface area (Å²) in [6, 6.07) is 7.49. The second-order valence-electron chi connectivity index (χ2n) is 3.62. The predicted molar refractivity (Wildman–Crippen MR) is 70.0 cm³/mol. The Morgan fingerprint density at radius 3 is 3.06 bits per heavy atom. The molecule has 3 rings (SSSR count). The molecule has 3 aromatic rings. The standard InChI is InChI=1S/C11H9BrN6/c12-9-6-8(3-5-13-9)14-7-10-16-11-2-1-4-15-18(11)17-10/h1-6H,7H2,(H,13,14). The van der Waals surface area contributed by atoms with Crippen molar-refractivity contribution in [2.75, 3.05) is 5.32 Å². The van der Waals surface area contributed by atoms with Crippen molar-refractivity contribution in [3.05, 3.63) is 47.1 Å². The van der Waals surface area contributed by atoms with Crippen LogP contribution in [0.1, 0.15) is 5.82 Å². The summed E-state index contributed by atoms with van der Waals surface area (Å²) in [6.45, 7) is 0.541. The molecule has 0 aliphatic rings. The molecule has 0 amide bonds. The van der Waals surface area contributed by atoms with Gasteiger partial charge in [-0.3, -0.25) is 0 Å². The van der Waals surface area contributed by atoms with Gasteiger partial charge in [-0.1, -0.05) is 0 Å². The van der Waals surface area contributed by atoms with Gasteiger partial charge in [0.25, 0.3) is 0 Å². The van der Waals surface area contributed by atoms with Gasteiger partial charge >= 0.3 is 0 Å². The number of fused-ring (bicyclic) bond motifs is 1. The maximum absolute atomic E-state index is 4.35. The van der Waals surface area contributed by atoms with Gasteiger partial charge in [0, 0.05) is 18.1 Å². The summed E-state index contributed by atoms with van der Waals surface area (Å²) in [7, 11) is 0. The van der Waals surface area contributed by atoms with Crippen LogP contribution in [-0.4, -0.2) is 24.8 Å². The Labute approximate surface area is 111 Å². The first-order valence-corrected chi connectivity index (χ1v) is 6.13. The van der Waals surface area contributed by atoms with Gasteiger partial charge in [-0.25, -0.2) is 9.97 Å². The van der Waals surface area contributed by atoms with Gasteiger partial charge in [0.1, 0.15) is 4.60 Å². The van der Waals surface area contributed by atoms with E-state index in [1.807, 2.05) is 24.3 Å². The molecule has 0 atom stereocenters. The number of nitrogens with one attached hydrogen (secondary N) is 1. The fourth-order valence-corrected chi connectivity index (χ4v) is 1.91. The van der Waals surface area contributed by atoms with Crippen LogP contribution >= 0.6 is 15.9 Å². The molecule has 3 aromatic heterocycles. The third-order valence-electron chi connectivity index (χ3n) is 2.34. The minimum Gasteiger partial charge on any atom is -0.378 e. The molecule has 7 heteroatoms. The molecular weight excluding hydrogens is 296 g/mol. The Hall–Kier alpha value is -2.02. The summed E-state index contributed by atoms with van der Waals surface area (Å²) >= 11 is 3.32. The first-order valence-electron chi connectivity index (χ1n) is 5.34. The van der Waals surface area contributed by atoms with Crippen LogP contribution < -0.4 is 5.32 Å². The molecule has 3 heterocycles.